The fourth-order valence-corrected chi connectivity index (χ4v) is 2.84. The highest BCUT2D eigenvalue weighted by Crippen LogP contribution is 2.35. The summed E-state index contributed by atoms with van der Waals surface area (Å²) in [6, 6.07) is 1.58. The topological polar surface area (TPSA) is 120 Å². The lowest BCUT2D eigenvalue weighted by atomic mass is 10.2. The first kappa shape index (κ1) is 15.1. The van der Waals surface area contributed by atoms with Crippen molar-refractivity contribution in [3.8, 4) is 11.4 Å². The van der Waals surface area contributed by atoms with Gasteiger partial charge in [0.25, 0.3) is 5.91 Å². The van der Waals surface area contributed by atoms with Crippen molar-refractivity contribution in [2.45, 2.75) is 13.8 Å². The molecular formula is C15H14ClN5O2. The quantitative estimate of drug-likeness (QED) is 0.664. The number of carbonyl (C=O) groups is 1. The van der Waals surface area contributed by atoms with E-state index in [9.17, 15) is 9.90 Å². The van der Waals surface area contributed by atoms with Gasteiger partial charge in [-0.25, -0.2) is 4.98 Å². The average molecular weight is 332 g/mol. The number of aromatic hydroxyl groups is 1. The van der Waals surface area contributed by atoms with E-state index in [0.717, 1.165) is 0 Å². The van der Waals surface area contributed by atoms with Gasteiger partial charge in [0.1, 0.15) is 17.2 Å². The molecule has 0 aliphatic heterocycles. The van der Waals surface area contributed by atoms with Crippen LogP contribution in [0.2, 0.25) is 5.02 Å². The lowest BCUT2D eigenvalue weighted by molar-refractivity contribution is 0.100. The van der Waals surface area contributed by atoms with Gasteiger partial charge in [0.2, 0.25) is 0 Å². The highest BCUT2D eigenvalue weighted by atomic mass is 35.5. The molecule has 0 saturated carbocycles. The number of primary amides is 1. The van der Waals surface area contributed by atoms with E-state index in [0.29, 0.717) is 33.0 Å². The molecule has 0 unspecified atom stereocenters. The van der Waals surface area contributed by atoms with Crippen LogP contribution in [0.1, 0.15) is 21.6 Å². The lowest BCUT2D eigenvalue weighted by Gasteiger charge is -2.14. The molecule has 23 heavy (non-hydrogen) atoms. The molecule has 3 rings (SSSR count). The zero-order chi connectivity index (χ0) is 16.9. The molecule has 0 atom stereocenters. The minimum Gasteiger partial charge on any atom is -0.506 e. The molecule has 0 aliphatic carbocycles. The number of anilines is 1. The summed E-state index contributed by atoms with van der Waals surface area (Å²) in [4.78, 5) is 20.2. The molecule has 3 aromatic heterocycles. The maximum absolute atomic E-state index is 11.8. The third kappa shape index (κ3) is 2.17. The molecule has 3 aromatic rings. The predicted octanol–water partition coefficient (Wildman–Crippen LogP) is 2.08. The van der Waals surface area contributed by atoms with Crippen molar-refractivity contribution in [2.24, 2.45) is 5.73 Å². The van der Waals surface area contributed by atoms with Gasteiger partial charge in [-0.05, 0) is 19.9 Å². The summed E-state index contributed by atoms with van der Waals surface area (Å²) >= 11 is 5.97. The minimum atomic E-state index is -0.682. The number of hydrogen-bond acceptors (Lipinski definition) is 5. The summed E-state index contributed by atoms with van der Waals surface area (Å²) in [6.07, 6.45) is 2.81. The van der Waals surface area contributed by atoms with Crippen LogP contribution in [0.15, 0.2) is 18.5 Å². The van der Waals surface area contributed by atoms with E-state index in [1.54, 1.807) is 24.5 Å². The summed E-state index contributed by atoms with van der Waals surface area (Å²) in [5.74, 6) is -0.541. The SMILES string of the molecule is Cc1ncc(O)c(C)c1-n1c(N)c(C(N)=O)c2cc(Cl)cnc21. The Morgan fingerprint density at radius 2 is 2.00 bits per heavy atom. The van der Waals surface area contributed by atoms with Gasteiger partial charge in [-0.1, -0.05) is 11.6 Å². The Bertz CT molecular complexity index is 964. The normalized spacial score (nSPS) is 11.1. The first-order chi connectivity index (χ1) is 10.8. The van der Waals surface area contributed by atoms with E-state index in [4.69, 9.17) is 23.1 Å². The number of rotatable bonds is 2. The van der Waals surface area contributed by atoms with Gasteiger partial charge < -0.3 is 16.6 Å². The Balaban J connectivity index is 2.52. The lowest BCUT2D eigenvalue weighted by Crippen LogP contribution is -2.14. The highest BCUT2D eigenvalue weighted by Gasteiger charge is 2.24. The van der Waals surface area contributed by atoms with Gasteiger partial charge in [-0.3, -0.25) is 14.3 Å². The fraction of sp³-hybridized carbons (Fsp3) is 0.133. The molecule has 8 heteroatoms. The Labute approximate surface area is 136 Å². The summed E-state index contributed by atoms with van der Waals surface area (Å²) in [7, 11) is 0. The number of amides is 1. The van der Waals surface area contributed by atoms with Crippen molar-refractivity contribution in [3.05, 3.63) is 40.3 Å². The molecular weight excluding hydrogens is 318 g/mol. The summed E-state index contributed by atoms with van der Waals surface area (Å²) in [5, 5.41) is 10.8. The van der Waals surface area contributed by atoms with Gasteiger partial charge in [0, 0.05) is 17.1 Å². The number of pyridine rings is 2. The van der Waals surface area contributed by atoms with Crippen molar-refractivity contribution < 1.29 is 9.90 Å². The molecule has 0 radical (unpaired) electrons. The summed E-state index contributed by atoms with van der Waals surface area (Å²) in [5.41, 5.74) is 13.9. The Kier molecular flexibility index (Phi) is 3.37. The van der Waals surface area contributed by atoms with Crippen LogP contribution in [0.25, 0.3) is 16.7 Å². The predicted molar refractivity (Wildman–Crippen MR) is 87.9 cm³/mol. The smallest absolute Gasteiger partial charge is 0.253 e. The highest BCUT2D eigenvalue weighted by molar-refractivity contribution is 6.31. The molecule has 1 amide bonds. The van der Waals surface area contributed by atoms with Crippen LogP contribution in [-0.2, 0) is 0 Å². The van der Waals surface area contributed by atoms with Crippen molar-refractivity contribution in [1.82, 2.24) is 14.5 Å². The first-order valence-corrected chi connectivity index (χ1v) is 7.11. The number of halogens is 1. The van der Waals surface area contributed by atoms with Crippen molar-refractivity contribution in [3.63, 3.8) is 0 Å². The molecule has 118 valence electrons. The maximum atomic E-state index is 11.8. The molecule has 0 aliphatic rings. The monoisotopic (exact) mass is 331 g/mol. The number of nitrogen functional groups attached to an aromatic ring is 1. The van der Waals surface area contributed by atoms with Gasteiger partial charge in [-0.15, -0.1) is 0 Å². The van der Waals surface area contributed by atoms with Crippen LogP contribution < -0.4 is 11.5 Å². The number of carbonyl (C=O) groups excluding carboxylic acids is 1. The summed E-state index contributed by atoms with van der Waals surface area (Å²) < 4.78 is 1.56. The second-order valence-corrected chi connectivity index (χ2v) is 5.62. The number of nitrogens with two attached hydrogens (primary N) is 2. The minimum absolute atomic E-state index is 0.0152. The van der Waals surface area contributed by atoms with Crippen LogP contribution >= 0.6 is 11.6 Å². The van der Waals surface area contributed by atoms with Crippen LogP contribution in [0, 0.1) is 13.8 Å². The van der Waals surface area contributed by atoms with Crippen molar-refractivity contribution in [2.75, 3.05) is 5.73 Å². The zero-order valence-corrected chi connectivity index (χ0v) is 13.2. The van der Waals surface area contributed by atoms with Gasteiger partial charge in [0.05, 0.1) is 28.2 Å². The first-order valence-electron chi connectivity index (χ1n) is 6.73. The molecule has 0 aromatic carbocycles. The third-order valence-electron chi connectivity index (χ3n) is 3.74. The molecule has 0 bridgehead atoms. The number of fused-ring (bicyclic) bond motifs is 1. The standard InChI is InChI=1S/C15H14ClN5O2/c1-6-10(22)5-19-7(2)12(6)21-13(17)11(14(18)23)9-3-8(16)4-20-15(9)21/h3-5,22H,17H2,1-2H3,(H2,18,23). The van der Waals surface area contributed by atoms with Crippen molar-refractivity contribution in [1.29, 1.82) is 0 Å². The second kappa shape index (κ2) is 5.13. The second-order valence-electron chi connectivity index (χ2n) is 5.19. The number of aryl methyl sites for hydroxylation is 1. The summed E-state index contributed by atoms with van der Waals surface area (Å²) in [6.45, 7) is 3.50. The van der Waals surface area contributed by atoms with E-state index in [-0.39, 0.29) is 17.1 Å². The fourth-order valence-electron chi connectivity index (χ4n) is 2.68. The largest absolute Gasteiger partial charge is 0.506 e. The van der Waals surface area contributed by atoms with Crippen LogP contribution in [-0.4, -0.2) is 25.5 Å². The number of nitrogens with zero attached hydrogens (tertiary/aromatic N) is 3. The van der Waals surface area contributed by atoms with Gasteiger partial charge in [-0.2, -0.15) is 0 Å². The number of hydrogen-bond donors (Lipinski definition) is 3. The van der Waals surface area contributed by atoms with E-state index in [2.05, 4.69) is 9.97 Å². The molecule has 7 nitrogen and oxygen atoms in total. The number of aromatic nitrogens is 3. The van der Waals surface area contributed by atoms with E-state index in [1.807, 2.05) is 0 Å². The Hall–Kier alpha value is -2.80. The average Bonchev–Trinajstić information content (AvgIpc) is 2.75. The van der Waals surface area contributed by atoms with Crippen molar-refractivity contribution >= 4 is 34.4 Å². The van der Waals surface area contributed by atoms with Crippen LogP contribution in [0.3, 0.4) is 0 Å². The van der Waals surface area contributed by atoms with E-state index >= 15 is 0 Å². The zero-order valence-electron chi connectivity index (χ0n) is 12.5. The van der Waals surface area contributed by atoms with E-state index in [1.165, 1.54) is 12.4 Å². The Morgan fingerprint density at radius 3 is 2.65 bits per heavy atom. The molecule has 0 spiro atoms. The van der Waals surface area contributed by atoms with E-state index < -0.39 is 5.91 Å². The third-order valence-corrected chi connectivity index (χ3v) is 3.95. The Morgan fingerprint density at radius 1 is 1.30 bits per heavy atom. The van der Waals surface area contributed by atoms with Crippen LogP contribution in [0.5, 0.6) is 5.75 Å². The van der Waals surface area contributed by atoms with Gasteiger partial charge in [0.15, 0.2) is 0 Å². The molecule has 3 heterocycles. The molecule has 5 N–H and O–H groups in total. The molecule has 0 fully saturated rings. The maximum Gasteiger partial charge on any atom is 0.253 e. The molecule has 0 saturated heterocycles. The van der Waals surface area contributed by atoms with Gasteiger partial charge >= 0.3 is 0 Å². The van der Waals surface area contributed by atoms with Crippen LogP contribution in [0.4, 0.5) is 5.82 Å².